The summed E-state index contributed by atoms with van der Waals surface area (Å²) in [6.45, 7) is 6.25. The predicted octanol–water partition coefficient (Wildman–Crippen LogP) is 5.96. The topological polar surface area (TPSA) is 113 Å². The second-order valence-corrected chi connectivity index (χ2v) is 12.6. The van der Waals surface area contributed by atoms with Crippen molar-refractivity contribution in [2.45, 2.75) is 82.9 Å². The minimum atomic E-state index is -1.49. The highest BCUT2D eigenvalue weighted by molar-refractivity contribution is 6.18. The molecule has 0 heterocycles. The highest BCUT2D eigenvalue weighted by atomic mass is 35.5. The Balaban J connectivity index is 1.84. The van der Waals surface area contributed by atoms with Crippen LogP contribution in [0.15, 0.2) is 48.5 Å². The fourth-order valence-corrected chi connectivity index (χ4v) is 5.77. The first-order valence-electron chi connectivity index (χ1n) is 14.5. The summed E-state index contributed by atoms with van der Waals surface area (Å²) < 4.78 is 5.50. The zero-order chi connectivity index (χ0) is 30.9. The minimum absolute atomic E-state index is 0.0563. The third-order valence-corrected chi connectivity index (χ3v) is 7.75. The first-order valence-corrected chi connectivity index (χ1v) is 15.6. The van der Waals surface area contributed by atoms with Crippen molar-refractivity contribution in [3.8, 4) is 0 Å². The quantitative estimate of drug-likeness (QED) is 0.266. The molecule has 0 unspecified atom stereocenters. The molecule has 1 saturated carbocycles. The Morgan fingerprint density at radius 2 is 1.60 bits per heavy atom. The van der Waals surface area contributed by atoms with Gasteiger partial charge in [0, 0.05) is 37.0 Å². The van der Waals surface area contributed by atoms with Crippen molar-refractivity contribution in [3.63, 3.8) is 0 Å². The van der Waals surface area contributed by atoms with E-state index in [4.69, 9.17) is 33.7 Å². The largest absolute Gasteiger partial charge is 0.480 e. The molecule has 2 atom stereocenters. The molecular formula is C32H43Cl2N3O5. The monoisotopic (exact) mass is 619 g/mol. The molecule has 3 rings (SSSR count). The average molecular weight is 621 g/mol. The number of halogens is 2. The summed E-state index contributed by atoms with van der Waals surface area (Å²) in [5.41, 5.74) is 8.98. The van der Waals surface area contributed by atoms with E-state index in [1.165, 1.54) is 12.8 Å². The summed E-state index contributed by atoms with van der Waals surface area (Å²) in [5.74, 6) is -0.773. The number of nitrogens with two attached hydrogens (primary N) is 1. The molecule has 0 aromatic heterocycles. The number of benzene rings is 2. The van der Waals surface area contributed by atoms with Crippen molar-refractivity contribution in [3.05, 3.63) is 65.2 Å². The summed E-state index contributed by atoms with van der Waals surface area (Å²) in [6.07, 6.45) is 3.56. The molecule has 0 bridgehead atoms. The molecule has 1 aliphatic carbocycles. The van der Waals surface area contributed by atoms with E-state index >= 15 is 0 Å². The Morgan fingerprint density at radius 3 is 2.14 bits per heavy atom. The summed E-state index contributed by atoms with van der Waals surface area (Å²) >= 11 is 11.9. The van der Waals surface area contributed by atoms with Gasteiger partial charge in [-0.05, 0) is 74.8 Å². The Kier molecular flexibility index (Phi) is 12.5. The third kappa shape index (κ3) is 9.61. The number of nitrogens with zero attached hydrogens (tertiary/aromatic N) is 2. The van der Waals surface area contributed by atoms with E-state index in [1.807, 2.05) is 42.5 Å². The predicted molar refractivity (Wildman–Crippen MR) is 168 cm³/mol. The van der Waals surface area contributed by atoms with E-state index in [0.717, 1.165) is 35.2 Å². The molecular weight excluding hydrogens is 577 g/mol. The van der Waals surface area contributed by atoms with Crippen LogP contribution in [0.4, 0.5) is 10.5 Å². The van der Waals surface area contributed by atoms with Crippen molar-refractivity contribution in [1.29, 1.82) is 0 Å². The molecule has 10 heteroatoms. The number of aliphatic carboxylic acids is 1. The van der Waals surface area contributed by atoms with Gasteiger partial charge in [-0.2, -0.15) is 0 Å². The fourth-order valence-electron chi connectivity index (χ4n) is 5.36. The van der Waals surface area contributed by atoms with Crippen LogP contribution in [-0.2, 0) is 27.2 Å². The molecule has 42 heavy (non-hydrogen) atoms. The average Bonchev–Trinajstić information content (AvgIpc) is 3.47. The maximum absolute atomic E-state index is 13.7. The lowest BCUT2D eigenvalue weighted by atomic mass is 9.94. The lowest BCUT2D eigenvalue weighted by Crippen LogP contribution is -2.56. The van der Waals surface area contributed by atoms with Crippen LogP contribution < -0.4 is 10.6 Å². The van der Waals surface area contributed by atoms with E-state index in [-0.39, 0.29) is 12.8 Å². The highest BCUT2D eigenvalue weighted by Crippen LogP contribution is 2.34. The third-order valence-electron chi connectivity index (χ3n) is 7.41. The van der Waals surface area contributed by atoms with E-state index < -0.39 is 35.7 Å². The fraction of sp³-hybridized carbons (Fsp3) is 0.531. The van der Waals surface area contributed by atoms with Crippen molar-refractivity contribution in [1.82, 2.24) is 4.90 Å². The maximum Gasteiger partial charge on any atom is 0.417 e. The number of imide groups is 1. The van der Waals surface area contributed by atoms with Gasteiger partial charge in [-0.3, -0.25) is 4.79 Å². The Hall–Kier alpha value is -2.81. The van der Waals surface area contributed by atoms with Crippen LogP contribution in [0.2, 0.25) is 0 Å². The Bertz CT molecular complexity index is 1190. The minimum Gasteiger partial charge on any atom is -0.480 e. The molecule has 0 saturated heterocycles. The summed E-state index contributed by atoms with van der Waals surface area (Å²) in [6, 6.07) is 12.6. The summed E-state index contributed by atoms with van der Waals surface area (Å²) in [7, 11) is 0. The normalized spacial score (nSPS) is 15.2. The molecule has 1 aliphatic rings. The van der Waals surface area contributed by atoms with Crippen LogP contribution >= 0.6 is 23.2 Å². The van der Waals surface area contributed by atoms with Gasteiger partial charge in [-0.25, -0.2) is 14.5 Å². The van der Waals surface area contributed by atoms with E-state index in [0.29, 0.717) is 35.7 Å². The van der Waals surface area contributed by atoms with Crippen molar-refractivity contribution < 1.29 is 24.2 Å². The van der Waals surface area contributed by atoms with E-state index in [2.05, 4.69) is 11.0 Å². The molecule has 2 amide bonds. The molecule has 2 aromatic rings. The van der Waals surface area contributed by atoms with Crippen LogP contribution in [0.3, 0.4) is 0 Å². The van der Waals surface area contributed by atoms with Crippen molar-refractivity contribution in [2.75, 3.05) is 29.7 Å². The molecule has 0 spiro atoms. The second-order valence-electron chi connectivity index (χ2n) is 11.8. The van der Waals surface area contributed by atoms with Gasteiger partial charge in [0.1, 0.15) is 11.6 Å². The Morgan fingerprint density at radius 1 is 0.976 bits per heavy atom. The Labute approximate surface area is 259 Å². The van der Waals surface area contributed by atoms with Gasteiger partial charge in [0.25, 0.3) is 0 Å². The van der Waals surface area contributed by atoms with Crippen LogP contribution in [-0.4, -0.2) is 70.5 Å². The van der Waals surface area contributed by atoms with Crippen molar-refractivity contribution >= 4 is 46.9 Å². The second kappa shape index (κ2) is 15.6. The molecule has 3 N–H and O–H groups in total. The summed E-state index contributed by atoms with van der Waals surface area (Å²) in [4.78, 5) is 42.4. The number of carboxylic acid groups (broad SMARTS) is 1. The molecule has 1 fully saturated rings. The van der Waals surface area contributed by atoms with Crippen LogP contribution in [0, 0.1) is 0 Å². The van der Waals surface area contributed by atoms with Crippen LogP contribution in [0.25, 0.3) is 0 Å². The lowest BCUT2D eigenvalue weighted by Gasteiger charge is -2.32. The number of carbonyl (C=O) groups excluding carboxylic acids is 2. The van der Waals surface area contributed by atoms with Crippen LogP contribution in [0.5, 0.6) is 0 Å². The highest BCUT2D eigenvalue weighted by Gasteiger charge is 2.40. The molecule has 8 nitrogen and oxygen atoms in total. The standard InChI is InChI=1S/C32H43Cl2N3O5/c1-32(2,3)42-31(41)37(28(30(39)40)21-23-7-6-10-25(19-23)24-8-4-5-9-24)29(38)27(35)20-22-11-13-26(14-12-22)36(17-15-33)18-16-34/h6-7,10-14,19,24,27-28H,4-5,8-9,15-18,20-21,35H2,1-3H3,(H,39,40)/t27-,28-/m0/s1. The zero-order valence-corrected chi connectivity index (χ0v) is 26.2. The number of rotatable bonds is 13. The number of hydrogen-bond donors (Lipinski definition) is 2. The zero-order valence-electron chi connectivity index (χ0n) is 24.7. The number of anilines is 1. The van der Waals surface area contributed by atoms with Gasteiger partial charge < -0.3 is 20.5 Å². The number of hydrogen-bond acceptors (Lipinski definition) is 6. The number of carbonyl (C=O) groups is 3. The molecule has 2 aromatic carbocycles. The van der Waals surface area contributed by atoms with E-state index in [1.54, 1.807) is 20.8 Å². The number of alkyl halides is 2. The van der Waals surface area contributed by atoms with Gasteiger partial charge in [-0.15, -0.1) is 23.2 Å². The van der Waals surface area contributed by atoms with E-state index in [9.17, 15) is 19.5 Å². The molecule has 230 valence electrons. The number of ether oxygens (including phenoxy) is 1. The van der Waals surface area contributed by atoms with Gasteiger partial charge in [0.05, 0.1) is 6.04 Å². The van der Waals surface area contributed by atoms with Gasteiger partial charge in [0.15, 0.2) is 0 Å². The molecule has 0 aliphatic heterocycles. The first kappa shape index (κ1) is 33.7. The first-order chi connectivity index (χ1) is 19.9. The van der Waals surface area contributed by atoms with Crippen molar-refractivity contribution in [2.24, 2.45) is 5.73 Å². The lowest BCUT2D eigenvalue weighted by molar-refractivity contribution is -0.150. The molecule has 0 radical (unpaired) electrons. The SMILES string of the molecule is CC(C)(C)OC(=O)N(C(=O)[C@@H](N)Cc1ccc(N(CCCl)CCCl)cc1)[C@@H](Cc1cccc(C2CCCC2)c1)C(=O)O. The van der Waals surface area contributed by atoms with Gasteiger partial charge in [-0.1, -0.05) is 49.2 Å². The van der Waals surface area contributed by atoms with Gasteiger partial charge >= 0.3 is 12.1 Å². The number of carboxylic acids is 1. The summed E-state index contributed by atoms with van der Waals surface area (Å²) in [5, 5.41) is 10.3. The maximum atomic E-state index is 13.7. The van der Waals surface area contributed by atoms with Crippen LogP contribution in [0.1, 0.15) is 69.1 Å². The number of amides is 2. The smallest absolute Gasteiger partial charge is 0.417 e. The van der Waals surface area contributed by atoms with Gasteiger partial charge in [0.2, 0.25) is 5.91 Å².